The largest absolute Gasteiger partial charge is 0.517 e. The lowest BCUT2D eigenvalue weighted by Gasteiger charge is -2.35. The minimum Gasteiger partial charge on any atom is -0.428 e. The molecule has 0 unspecified atom stereocenters. The van der Waals surface area contributed by atoms with E-state index in [1.807, 2.05) is 19.9 Å². The van der Waals surface area contributed by atoms with Crippen LogP contribution in [-0.4, -0.2) is 33.2 Å². The van der Waals surface area contributed by atoms with Crippen LogP contribution in [0.4, 0.5) is 15.4 Å². The minimum atomic E-state index is -1.10. The standard InChI is InChI=1S/C17H26N4O4/c1-11(2)21-13(12(9-18)10-19-21)20(16(3,4)5)14(22)24-15(23)25-17(6,7)8/h10-11H,1-8H3. The third kappa shape index (κ3) is 5.21. The first-order chi connectivity index (χ1) is 11.3. The van der Waals surface area contributed by atoms with E-state index in [2.05, 4.69) is 5.10 Å². The summed E-state index contributed by atoms with van der Waals surface area (Å²) in [6.45, 7) is 14.0. The van der Waals surface area contributed by atoms with Crippen LogP contribution in [0.2, 0.25) is 0 Å². The SMILES string of the molecule is CC(C)n1ncc(C#N)c1N(C(=O)OC(=O)OC(C)(C)C)C(C)(C)C. The highest BCUT2D eigenvalue weighted by Gasteiger charge is 2.36. The number of ether oxygens (including phenoxy) is 2. The summed E-state index contributed by atoms with van der Waals surface area (Å²) in [5, 5.41) is 13.5. The van der Waals surface area contributed by atoms with Gasteiger partial charge in [-0.2, -0.15) is 10.4 Å². The summed E-state index contributed by atoms with van der Waals surface area (Å²) in [7, 11) is 0. The maximum absolute atomic E-state index is 12.7. The Morgan fingerprint density at radius 1 is 1.24 bits per heavy atom. The normalized spacial score (nSPS) is 11.8. The number of hydrogen-bond acceptors (Lipinski definition) is 6. The molecule has 25 heavy (non-hydrogen) atoms. The van der Waals surface area contributed by atoms with Crippen LogP contribution < -0.4 is 4.90 Å². The van der Waals surface area contributed by atoms with E-state index in [9.17, 15) is 14.9 Å². The summed E-state index contributed by atoms with van der Waals surface area (Å²) in [5.41, 5.74) is -1.34. The number of nitrogens with zero attached hydrogens (tertiary/aromatic N) is 4. The molecule has 0 N–H and O–H groups in total. The van der Waals surface area contributed by atoms with Crippen LogP contribution in [-0.2, 0) is 9.47 Å². The van der Waals surface area contributed by atoms with Crippen LogP contribution in [0.15, 0.2) is 6.20 Å². The van der Waals surface area contributed by atoms with E-state index < -0.39 is 23.4 Å². The fourth-order valence-corrected chi connectivity index (χ4v) is 2.10. The number of rotatable bonds is 2. The molecule has 8 heteroatoms. The lowest BCUT2D eigenvalue weighted by atomic mass is 10.1. The molecule has 8 nitrogen and oxygen atoms in total. The summed E-state index contributed by atoms with van der Waals surface area (Å²) in [6.07, 6.45) is -0.643. The summed E-state index contributed by atoms with van der Waals surface area (Å²) in [5.74, 6) is 0.276. The topological polar surface area (TPSA) is 97.5 Å². The second kappa shape index (κ2) is 7.13. The van der Waals surface area contributed by atoms with Crippen molar-refractivity contribution in [2.24, 2.45) is 0 Å². The monoisotopic (exact) mass is 350 g/mol. The molecule has 1 amide bonds. The van der Waals surface area contributed by atoms with Gasteiger partial charge in [0.25, 0.3) is 0 Å². The molecule has 1 aromatic heterocycles. The van der Waals surface area contributed by atoms with Crippen LogP contribution in [0, 0.1) is 11.3 Å². The van der Waals surface area contributed by atoms with Gasteiger partial charge >= 0.3 is 12.2 Å². The van der Waals surface area contributed by atoms with Crippen LogP contribution in [0.3, 0.4) is 0 Å². The van der Waals surface area contributed by atoms with Gasteiger partial charge in [0.05, 0.1) is 6.20 Å². The molecule has 0 radical (unpaired) electrons. The summed E-state index contributed by atoms with van der Waals surface area (Å²) in [6, 6.07) is 1.92. The third-order valence-corrected chi connectivity index (χ3v) is 3.00. The molecular formula is C17H26N4O4. The van der Waals surface area contributed by atoms with Crippen LogP contribution in [0.25, 0.3) is 0 Å². The van der Waals surface area contributed by atoms with Crippen molar-refractivity contribution in [3.05, 3.63) is 11.8 Å². The highest BCUT2D eigenvalue weighted by molar-refractivity contribution is 5.94. The minimum absolute atomic E-state index is 0.101. The van der Waals surface area contributed by atoms with Crippen molar-refractivity contribution in [3.63, 3.8) is 0 Å². The first-order valence-electron chi connectivity index (χ1n) is 8.00. The Balaban J connectivity index is 3.29. The molecule has 0 spiro atoms. The molecule has 0 aliphatic rings. The Bertz CT molecular complexity index is 687. The average molecular weight is 350 g/mol. The van der Waals surface area contributed by atoms with E-state index in [0.717, 1.165) is 0 Å². The van der Waals surface area contributed by atoms with Gasteiger partial charge in [-0.3, -0.25) is 4.90 Å². The van der Waals surface area contributed by atoms with Crippen molar-refractivity contribution in [3.8, 4) is 6.07 Å². The molecule has 0 aromatic carbocycles. The van der Waals surface area contributed by atoms with E-state index in [1.54, 1.807) is 46.2 Å². The number of carbonyl (C=O) groups is 2. The van der Waals surface area contributed by atoms with E-state index in [1.165, 1.54) is 11.1 Å². The molecule has 0 saturated carbocycles. The fraction of sp³-hybridized carbons (Fsp3) is 0.647. The Morgan fingerprint density at radius 2 is 1.80 bits per heavy atom. The van der Waals surface area contributed by atoms with Gasteiger partial charge in [-0.1, -0.05) is 0 Å². The number of anilines is 1. The highest BCUT2D eigenvalue weighted by Crippen LogP contribution is 2.30. The summed E-state index contributed by atoms with van der Waals surface area (Å²) >= 11 is 0. The van der Waals surface area contributed by atoms with Gasteiger partial charge in [0.2, 0.25) is 0 Å². The molecule has 1 aromatic rings. The summed E-state index contributed by atoms with van der Waals surface area (Å²) < 4.78 is 11.4. The highest BCUT2D eigenvalue weighted by atomic mass is 16.8. The van der Waals surface area contributed by atoms with Gasteiger partial charge in [0.1, 0.15) is 17.2 Å². The average Bonchev–Trinajstić information content (AvgIpc) is 2.78. The molecule has 0 aliphatic carbocycles. The van der Waals surface area contributed by atoms with Crippen LogP contribution >= 0.6 is 0 Å². The van der Waals surface area contributed by atoms with Crippen molar-refractivity contribution >= 4 is 18.1 Å². The van der Waals surface area contributed by atoms with Gasteiger partial charge in [-0.25, -0.2) is 14.3 Å². The van der Waals surface area contributed by atoms with E-state index in [-0.39, 0.29) is 17.4 Å². The fourth-order valence-electron chi connectivity index (χ4n) is 2.10. The zero-order valence-corrected chi connectivity index (χ0v) is 16.1. The number of nitriles is 1. The Kier molecular flexibility index (Phi) is 5.84. The van der Waals surface area contributed by atoms with Crippen LogP contribution in [0.1, 0.15) is 67.0 Å². The Morgan fingerprint density at radius 3 is 2.20 bits per heavy atom. The second-order valence-electron chi connectivity index (χ2n) is 7.87. The number of hydrogen-bond donors (Lipinski definition) is 0. The quantitative estimate of drug-likeness (QED) is 0.590. The molecule has 1 heterocycles. The maximum Gasteiger partial charge on any atom is 0.517 e. The molecule has 0 bridgehead atoms. The maximum atomic E-state index is 12.7. The van der Waals surface area contributed by atoms with Gasteiger partial charge in [-0.05, 0) is 55.4 Å². The molecule has 0 saturated heterocycles. The third-order valence-electron chi connectivity index (χ3n) is 3.00. The van der Waals surface area contributed by atoms with Gasteiger partial charge in [-0.15, -0.1) is 0 Å². The molecular weight excluding hydrogens is 324 g/mol. The van der Waals surface area contributed by atoms with E-state index in [0.29, 0.717) is 0 Å². The van der Waals surface area contributed by atoms with Crippen LogP contribution in [0.5, 0.6) is 0 Å². The zero-order valence-electron chi connectivity index (χ0n) is 16.1. The van der Waals surface area contributed by atoms with Gasteiger partial charge in [0.15, 0.2) is 5.82 Å². The molecule has 138 valence electrons. The van der Waals surface area contributed by atoms with Crippen molar-refractivity contribution in [1.29, 1.82) is 5.26 Å². The summed E-state index contributed by atoms with van der Waals surface area (Å²) in [4.78, 5) is 25.8. The smallest absolute Gasteiger partial charge is 0.428 e. The van der Waals surface area contributed by atoms with E-state index in [4.69, 9.17) is 9.47 Å². The number of carbonyl (C=O) groups excluding carboxylic acids is 2. The molecule has 0 atom stereocenters. The molecule has 1 rings (SSSR count). The Hall–Kier alpha value is -2.56. The van der Waals surface area contributed by atoms with Crippen molar-refractivity contribution in [2.45, 2.75) is 72.6 Å². The van der Waals surface area contributed by atoms with Gasteiger partial charge in [0, 0.05) is 11.6 Å². The van der Waals surface area contributed by atoms with Crippen molar-refractivity contribution < 1.29 is 19.1 Å². The second-order valence-corrected chi connectivity index (χ2v) is 7.87. The first kappa shape index (κ1) is 20.5. The van der Waals surface area contributed by atoms with Gasteiger partial charge < -0.3 is 9.47 Å². The lowest BCUT2D eigenvalue weighted by molar-refractivity contribution is 0.00951. The molecule has 0 fully saturated rings. The predicted octanol–water partition coefficient (Wildman–Crippen LogP) is 4.01. The van der Waals surface area contributed by atoms with Crippen molar-refractivity contribution in [2.75, 3.05) is 4.90 Å². The predicted molar refractivity (Wildman–Crippen MR) is 92.3 cm³/mol. The Labute approximate surface area is 148 Å². The zero-order chi connectivity index (χ0) is 19.6. The lowest BCUT2D eigenvalue weighted by Crippen LogP contribution is -2.48. The number of aromatic nitrogens is 2. The van der Waals surface area contributed by atoms with E-state index >= 15 is 0 Å². The molecule has 0 aliphatic heterocycles. The number of amides is 1. The van der Waals surface area contributed by atoms with Crippen molar-refractivity contribution in [1.82, 2.24) is 9.78 Å². The first-order valence-corrected chi connectivity index (χ1v) is 8.00.